The Morgan fingerprint density at radius 2 is 2.00 bits per heavy atom. The summed E-state index contributed by atoms with van der Waals surface area (Å²) >= 11 is 1.57. The lowest BCUT2D eigenvalue weighted by atomic mass is 10.8. The van der Waals surface area contributed by atoms with Gasteiger partial charge in [0.1, 0.15) is 0 Å². The maximum absolute atomic E-state index is 5.17. The quantitative estimate of drug-likeness (QED) is 0.469. The van der Waals surface area contributed by atoms with E-state index in [-0.39, 0.29) is 0 Å². The summed E-state index contributed by atoms with van der Waals surface area (Å²) in [5.41, 5.74) is 0. The number of rotatable bonds is 1. The van der Waals surface area contributed by atoms with E-state index in [4.69, 9.17) is 6.58 Å². The molecule has 5 heavy (non-hydrogen) atoms. The van der Waals surface area contributed by atoms with Gasteiger partial charge in [0.15, 0.2) is 0 Å². The molecule has 0 aliphatic carbocycles. The Bertz CT molecular complexity index is 38.9. The predicted octanol–water partition coefficient (Wildman–Crippen LogP) is 1.69. The first-order chi connectivity index (χ1) is 2.27. The van der Waals surface area contributed by atoms with Crippen LogP contribution in [0.3, 0.4) is 0 Å². The third-order valence-corrected chi connectivity index (χ3v) is 0.966. The van der Waals surface area contributed by atoms with Gasteiger partial charge in [0.05, 0.1) is 0 Å². The van der Waals surface area contributed by atoms with Crippen molar-refractivity contribution in [3.8, 4) is 0 Å². The molecule has 0 aliphatic heterocycles. The molecule has 0 spiro atoms. The van der Waals surface area contributed by atoms with Crippen molar-refractivity contribution in [1.29, 1.82) is 0 Å². The van der Waals surface area contributed by atoms with E-state index < -0.39 is 0 Å². The Labute approximate surface area is 37.3 Å². The zero-order valence-electron chi connectivity index (χ0n) is 3.49. The Morgan fingerprint density at radius 3 is 2.00 bits per heavy atom. The fraction of sp³-hybridized carbons (Fsp3) is 0.500. The van der Waals surface area contributed by atoms with Crippen molar-refractivity contribution in [2.75, 3.05) is 6.26 Å². The summed E-state index contributed by atoms with van der Waals surface area (Å²) in [7, 11) is 0. The van der Waals surface area contributed by atoms with Crippen molar-refractivity contribution >= 4 is 11.8 Å². The maximum Gasteiger partial charge on any atom is -0.0140 e. The fourth-order valence-corrected chi connectivity index (χ4v) is 0. The van der Waals surface area contributed by atoms with Crippen LogP contribution in [0, 0.1) is 6.58 Å². The molecule has 0 unspecified atom stereocenters. The third-order valence-electron chi connectivity index (χ3n) is 0.322. The second-order valence-corrected chi connectivity index (χ2v) is 1.87. The van der Waals surface area contributed by atoms with Crippen LogP contribution in [0.5, 0.6) is 0 Å². The Kier molecular flexibility index (Phi) is 2.38. The molecule has 0 rings (SSSR count). The highest BCUT2D eigenvalue weighted by Crippen LogP contribution is 2.03. The topological polar surface area (TPSA) is 0 Å². The van der Waals surface area contributed by atoms with Gasteiger partial charge in [-0.05, 0) is 18.1 Å². The first-order valence-corrected chi connectivity index (χ1v) is 2.63. The second kappa shape index (κ2) is 2.33. The van der Waals surface area contributed by atoms with Crippen LogP contribution in [0.15, 0.2) is 4.91 Å². The van der Waals surface area contributed by atoms with Crippen molar-refractivity contribution in [1.82, 2.24) is 0 Å². The normalized spacial score (nSPS) is 7.60. The molecule has 1 heteroatoms. The summed E-state index contributed by atoms with van der Waals surface area (Å²) < 4.78 is 0. The molecule has 0 heterocycles. The van der Waals surface area contributed by atoms with Crippen LogP contribution in [-0.4, -0.2) is 6.26 Å². The van der Waals surface area contributed by atoms with Gasteiger partial charge in [-0.1, -0.05) is 6.58 Å². The average molecular weight is 87.2 g/mol. The fourth-order valence-electron chi connectivity index (χ4n) is 0. The molecule has 0 aromatic carbocycles. The molecule has 29 valence electrons. The molecule has 0 N–H and O–H groups in total. The highest BCUT2D eigenvalue weighted by molar-refractivity contribution is 8.02. The zero-order valence-corrected chi connectivity index (χ0v) is 4.30. The number of thioether (sulfide) groups is 1. The lowest BCUT2D eigenvalue weighted by molar-refractivity contribution is 1.71. The summed E-state index contributed by atoms with van der Waals surface area (Å²) in [5.74, 6) is 0. The standard InChI is InChI=1S/C4H7S/c1-4(2)5-3/h1H,2-3H3. The van der Waals surface area contributed by atoms with Crippen LogP contribution in [0.25, 0.3) is 0 Å². The van der Waals surface area contributed by atoms with Gasteiger partial charge in [-0.25, -0.2) is 0 Å². The van der Waals surface area contributed by atoms with E-state index in [1.54, 1.807) is 11.8 Å². The van der Waals surface area contributed by atoms with Gasteiger partial charge >= 0.3 is 0 Å². The summed E-state index contributed by atoms with van der Waals surface area (Å²) in [5, 5.41) is 0. The summed E-state index contributed by atoms with van der Waals surface area (Å²) in [6.07, 6.45) is 1.95. The summed E-state index contributed by atoms with van der Waals surface area (Å²) in [4.78, 5) is 0.921. The van der Waals surface area contributed by atoms with E-state index in [0.717, 1.165) is 4.91 Å². The largest absolute Gasteiger partial charge is 0.134 e. The first kappa shape index (κ1) is 5.09. The van der Waals surface area contributed by atoms with Gasteiger partial charge in [0, 0.05) is 0 Å². The van der Waals surface area contributed by atoms with Crippen LogP contribution in [-0.2, 0) is 0 Å². The van der Waals surface area contributed by atoms with E-state index in [9.17, 15) is 0 Å². The van der Waals surface area contributed by atoms with Crippen LogP contribution in [0.2, 0.25) is 0 Å². The SMILES string of the molecule is [CH]=C(C)SC. The molecule has 0 aliphatic rings. The minimum Gasteiger partial charge on any atom is -0.134 e. The highest BCUT2D eigenvalue weighted by Gasteiger charge is 1.68. The smallest absolute Gasteiger partial charge is 0.0140 e. The predicted molar refractivity (Wildman–Crippen MR) is 27.0 cm³/mol. The third kappa shape index (κ3) is 4.09. The molecule has 0 atom stereocenters. The van der Waals surface area contributed by atoms with E-state index in [1.165, 1.54) is 0 Å². The van der Waals surface area contributed by atoms with Gasteiger partial charge in [0.2, 0.25) is 0 Å². The molecule has 0 aromatic heterocycles. The van der Waals surface area contributed by atoms with Gasteiger partial charge < -0.3 is 0 Å². The second-order valence-electron chi connectivity index (χ2n) is 0.815. The van der Waals surface area contributed by atoms with E-state index >= 15 is 0 Å². The number of hydrogen-bond acceptors (Lipinski definition) is 1. The number of hydrogen-bond donors (Lipinski definition) is 0. The first-order valence-electron chi connectivity index (χ1n) is 1.40. The van der Waals surface area contributed by atoms with Gasteiger partial charge in [-0.2, -0.15) is 0 Å². The van der Waals surface area contributed by atoms with Crippen molar-refractivity contribution in [2.24, 2.45) is 0 Å². The van der Waals surface area contributed by atoms with Crippen molar-refractivity contribution in [2.45, 2.75) is 6.92 Å². The molecule has 1 radical (unpaired) electrons. The van der Waals surface area contributed by atoms with E-state index in [2.05, 4.69) is 0 Å². The van der Waals surface area contributed by atoms with Crippen molar-refractivity contribution in [3.05, 3.63) is 11.5 Å². The van der Waals surface area contributed by atoms with Gasteiger partial charge in [0.25, 0.3) is 0 Å². The van der Waals surface area contributed by atoms with Gasteiger partial charge in [-0.3, -0.25) is 0 Å². The average Bonchev–Trinajstić information content (AvgIpc) is 1.38. The molecule has 0 bridgehead atoms. The maximum atomic E-state index is 5.17. The zero-order chi connectivity index (χ0) is 4.28. The van der Waals surface area contributed by atoms with Crippen LogP contribution in [0.1, 0.15) is 6.92 Å². The molecular formula is C4H7S. The van der Waals surface area contributed by atoms with Crippen LogP contribution < -0.4 is 0 Å². The Hall–Kier alpha value is 0.0900. The molecule has 0 saturated heterocycles. The van der Waals surface area contributed by atoms with Crippen LogP contribution in [0.4, 0.5) is 0 Å². The highest BCUT2D eigenvalue weighted by atomic mass is 32.2. The van der Waals surface area contributed by atoms with E-state index in [0.29, 0.717) is 0 Å². The Balaban J connectivity index is 2.85. The van der Waals surface area contributed by atoms with E-state index in [1.807, 2.05) is 13.2 Å². The molecule has 0 aromatic rings. The molecule has 0 nitrogen and oxygen atoms in total. The van der Waals surface area contributed by atoms with Crippen LogP contribution >= 0.6 is 11.8 Å². The molecule has 0 saturated carbocycles. The minimum atomic E-state index is 0.921. The minimum absolute atomic E-state index is 0.921. The monoisotopic (exact) mass is 87.0 g/mol. The molecular weight excluding hydrogens is 80.1 g/mol. The Morgan fingerprint density at radius 1 is 1.80 bits per heavy atom. The summed E-state index contributed by atoms with van der Waals surface area (Å²) in [6, 6.07) is 0. The van der Waals surface area contributed by atoms with Crippen molar-refractivity contribution < 1.29 is 0 Å². The van der Waals surface area contributed by atoms with Gasteiger partial charge in [-0.15, -0.1) is 11.8 Å². The molecule has 0 amide bonds. The lowest BCUT2D eigenvalue weighted by Crippen LogP contribution is -1.50. The lowest BCUT2D eigenvalue weighted by Gasteiger charge is -1.79. The molecule has 0 fully saturated rings. The van der Waals surface area contributed by atoms with Crippen molar-refractivity contribution in [3.63, 3.8) is 0 Å². The summed E-state index contributed by atoms with van der Waals surface area (Å²) in [6.45, 7) is 7.05. The number of allylic oxidation sites excluding steroid dienone is 1.